The average Bonchev–Trinajstić information content (AvgIpc) is 2.76. The molecule has 174 valence electrons. The van der Waals surface area contributed by atoms with E-state index in [0.29, 0.717) is 18.8 Å². The molecule has 2 rings (SSSR count). The number of hydrogen-bond acceptors (Lipinski definition) is 3. The van der Waals surface area contributed by atoms with Gasteiger partial charge in [-0.3, -0.25) is 9.59 Å². The Kier molecular flexibility index (Phi) is 9.30. The van der Waals surface area contributed by atoms with Crippen LogP contribution in [0.25, 0.3) is 0 Å². The lowest BCUT2D eigenvalue weighted by Crippen LogP contribution is -2.49. The molecule has 2 amide bonds. The summed E-state index contributed by atoms with van der Waals surface area (Å²) in [6.45, 7) is 13.1. The molecule has 0 spiro atoms. The highest BCUT2D eigenvalue weighted by atomic mass is 16.5. The summed E-state index contributed by atoms with van der Waals surface area (Å²) in [5.74, 6) is 0.338. The number of hydrogen-bond donors (Lipinski definition) is 1. The third-order valence-electron chi connectivity index (χ3n) is 5.52. The lowest BCUT2D eigenvalue weighted by Gasteiger charge is -2.29. The van der Waals surface area contributed by atoms with Crippen molar-refractivity contribution >= 4 is 11.8 Å². The van der Waals surface area contributed by atoms with Gasteiger partial charge in [0.05, 0.1) is 0 Å². The Balaban J connectivity index is 2.18. The molecule has 2 aromatic carbocycles. The van der Waals surface area contributed by atoms with Gasteiger partial charge in [-0.1, -0.05) is 82.1 Å². The summed E-state index contributed by atoms with van der Waals surface area (Å²) in [5.41, 5.74) is 3.07. The normalized spacial score (nSPS) is 12.2. The molecule has 0 aliphatic rings. The van der Waals surface area contributed by atoms with E-state index < -0.39 is 6.04 Å². The number of benzene rings is 2. The number of carbonyl (C=O) groups excluding carboxylic acids is 2. The van der Waals surface area contributed by atoms with Crippen molar-refractivity contribution in [2.45, 2.75) is 72.4 Å². The van der Waals surface area contributed by atoms with Gasteiger partial charge in [-0.15, -0.1) is 0 Å². The molecular weight excluding hydrogens is 400 g/mol. The monoisotopic (exact) mass is 438 g/mol. The molecule has 0 bridgehead atoms. The van der Waals surface area contributed by atoms with E-state index >= 15 is 0 Å². The number of nitrogens with zero attached hydrogens (tertiary/aromatic N) is 1. The third kappa shape index (κ3) is 7.40. The van der Waals surface area contributed by atoms with Gasteiger partial charge in [0.2, 0.25) is 5.91 Å². The lowest BCUT2D eigenvalue weighted by molar-refractivity contribution is -0.142. The van der Waals surface area contributed by atoms with Gasteiger partial charge in [0.1, 0.15) is 11.8 Å². The van der Waals surface area contributed by atoms with E-state index in [2.05, 4.69) is 33.0 Å². The summed E-state index contributed by atoms with van der Waals surface area (Å²) in [5, 5.41) is 2.94. The molecule has 1 N–H and O–H groups in total. The molecule has 0 heterocycles. The SMILES string of the molecule is CCCCNC(=O)[C@H](C)N(Cc1ccc(C)cc1)C(=O)COc1ccccc1C(C)(C)C. The van der Waals surface area contributed by atoms with Gasteiger partial charge in [-0.25, -0.2) is 0 Å². The fraction of sp³-hybridized carbons (Fsp3) is 0.481. The minimum Gasteiger partial charge on any atom is -0.483 e. The Morgan fingerprint density at radius 2 is 1.72 bits per heavy atom. The van der Waals surface area contributed by atoms with Crippen LogP contribution >= 0.6 is 0 Å². The first-order chi connectivity index (χ1) is 15.1. The van der Waals surface area contributed by atoms with Crippen molar-refractivity contribution in [2.24, 2.45) is 0 Å². The van der Waals surface area contributed by atoms with Crippen molar-refractivity contribution in [1.29, 1.82) is 0 Å². The predicted octanol–water partition coefficient (Wildman–Crippen LogP) is 5.00. The van der Waals surface area contributed by atoms with Crippen LogP contribution in [0.3, 0.4) is 0 Å². The molecule has 0 fully saturated rings. The molecule has 0 radical (unpaired) electrons. The second kappa shape index (κ2) is 11.7. The second-order valence-electron chi connectivity index (χ2n) is 9.36. The predicted molar refractivity (Wildman–Crippen MR) is 130 cm³/mol. The smallest absolute Gasteiger partial charge is 0.261 e. The molecule has 0 aromatic heterocycles. The molecule has 0 saturated carbocycles. The fourth-order valence-electron chi connectivity index (χ4n) is 3.44. The number of nitrogens with one attached hydrogen (secondary N) is 1. The summed E-state index contributed by atoms with van der Waals surface area (Å²) < 4.78 is 5.97. The zero-order valence-corrected chi connectivity index (χ0v) is 20.4. The molecule has 5 nitrogen and oxygen atoms in total. The first kappa shape index (κ1) is 25.4. The largest absolute Gasteiger partial charge is 0.483 e. The van der Waals surface area contributed by atoms with Crippen molar-refractivity contribution < 1.29 is 14.3 Å². The fourth-order valence-corrected chi connectivity index (χ4v) is 3.44. The lowest BCUT2D eigenvalue weighted by atomic mass is 9.86. The Morgan fingerprint density at radius 3 is 2.34 bits per heavy atom. The van der Waals surface area contributed by atoms with E-state index in [1.807, 2.05) is 55.5 Å². The van der Waals surface area contributed by atoms with Crippen LogP contribution in [0.15, 0.2) is 48.5 Å². The second-order valence-corrected chi connectivity index (χ2v) is 9.36. The summed E-state index contributed by atoms with van der Waals surface area (Å²) in [6.07, 6.45) is 1.92. The van der Waals surface area contributed by atoms with E-state index in [-0.39, 0.29) is 23.8 Å². The molecule has 0 aliphatic heterocycles. The van der Waals surface area contributed by atoms with Crippen LogP contribution in [0.4, 0.5) is 0 Å². The molecule has 0 unspecified atom stereocenters. The Labute approximate surface area is 193 Å². The van der Waals surface area contributed by atoms with Crippen LogP contribution in [-0.4, -0.2) is 35.9 Å². The standard InChI is InChI=1S/C27H38N2O3/c1-7-8-17-28-26(31)21(3)29(18-22-15-13-20(2)14-16-22)25(30)19-32-24-12-10-9-11-23(24)27(4,5)6/h9-16,21H,7-8,17-19H2,1-6H3,(H,28,31)/t21-/m0/s1. The van der Waals surface area contributed by atoms with E-state index in [0.717, 1.165) is 29.5 Å². The number of ether oxygens (including phenoxy) is 1. The number of para-hydroxylation sites is 1. The molecule has 0 aliphatic carbocycles. The summed E-state index contributed by atoms with van der Waals surface area (Å²) in [7, 11) is 0. The van der Waals surface area contributed by atoms with Gasteiger partial charge < -0.3 is 15.0 Å². The van der Waals surface area contributed by atoms with Gasteiger partial charge >= 0.3 is 0 Å². The van der Waals surface area contributed by atoms with Gasteiger partial charge in [0.25, 0.3) is 5.91 Å². The highest BCUT2D eigenvalue weighted by Gasteiger charge is 2.27. The molecule has 1 atom stereocenters. The molecule has 0 saturated heterocycles. The zero-order valence-electron chi connectivity index (χ0n) is 20.4. The summed E-state index contributed by atoms with van der Waals surface area (Å²) in [6, 6.07) is 15.2. The third-order valence-corrected chi connectivity index (χ3v) is 5.52. The Morgan fingerprint density at radius 1 is 1.06 bits per heavy atom. The van der Waals surface area contributed by atoms with Crippen molar-refractivity contribution in [1.82, 2.24) is 10.2 Å². The number of rotatable bonds is 10. The van der Waals surface area contributed by atoms with E-state index in [9.17, 15) is 9.59 Å². The Bertz CT molecular complexity index is 885. The van der Waals surface area contributed by atoms with Gasteiger partial charge in [0.15, 0.2) is 6.61 Å². The number of amides is 2. The maximum absolute atomic E-state index is 13.2. The molecule has 2 aromatic rings. The van der Waals surface area contributed by atoms with Crippen molar-refractivity contribution in [3.05, 3.63) is 65.2 Å². The van der Waals surface area contributed by atoms with Gasteiger partial charge in [-0.2, -0.15) is 0 Å². The molecule has 32 heavy (non-hydrogen) atoms. The number of carbonyl (C=O) groups is 2. The van der Waals surface area contributed by atoms with Gasteiger partial charge in [0, 0.05) is 13.1 Å². The number of unbranched alkanes of at least 4 members (excludes halogenated alkanes) is 1. The maximum atomic E-state index is 13.2. The van der Waals surface area contributed by atoms with Crippen LogP contribution in [0.5, 0.6) is 5.75 Å². The Hall–Kier alpha value is -2.82. The molecular formula is C27H38N2O3. The summed E-state index contributed by atoms with van der Waals surface area (Å²) in [4.78, 5) is 27.6. The molecule has 5 heteroatoms. The van der Waals surface area contributed by atoms with Crippen LogP contribution in [0, 0.1) is 6.92 Å². The van der Waals surface area contributed by atoms with E-state index in [4.69, 9.17) is 4.74 Å². The van der Waals surface area contributed by atoms with Crippen LogP contribution in [0.2, 0.25) is 0 Å². The highest BCUT2D eigenvalue weighted by Crippen LogP contribution is 2.31. The van der Waals surface area contributed by atoms with Crippen LogP contribution in [-0.2, 0) is 21.5 Å². The maximum Gasteiger partial charge on any atom is 0.261 e. The minimum atomic E-state index is -0.595. The minimum absolute atomic E-state index is 0.103. The summed E-state index contributed by atoms with van der Waals surface area (Å²) >= 11 is 0. The number of aryl methyl sites for hydroxylation is 1. The van der Waals surface area contributed by atoms with E-state index in [1.54, 1.807) is 11.8 Å². The van der Waals surface area contributed by atoms with Crippen molar-refractivity contribution in [3.8, 4) is 5.75 Å². The van der Waals surface area contributed by atoms with E-state index in [1.165, 1.54) is 0 Å². The van der Waals surface area contributed by atoms with Crippen molar-refractivity contribution in [3.63, 3.8) is 0 Å². The highest BCUT2D eigenvalue weighted by molar-refractivity contribution is 5.88. The quantitative estimate of drug-likeness (QED) is 0.531. The first-order valence-corrected chi connectivity index (χ1v) is 11.5. The topological polar surface area (TPSA) is 58.6 Å². The van der Waals surface area contributed by atoms with Crippen molar-refractivity contribution in [2.75, 3.05) is 13.2 Å². The first-order valence-electron chi connectivity index (χ1n) is 11.5. The average molecular weight is 439 g/mol. The van der Waals surface area contributed by atoms with Crippen LogP contribution in [0.1, 0.15) is 64.2 Å². The van der Waals surface area contributed by atoms with Gasteiger partial charge in [-0.05, 0) is 42.9 Å². The van der Waals surface area contributed by atoms with Crippen LogP contribution < -0.4 is 10.1 Å². The zero-order chi connectivity index (χ0) is 23.7.